The first-order valence-corrected chi connectivity index (χ1v) is 10.7. The first-order valence-electron chi connectivity index (χ1n) is 10.7. The molecule has 0 N–H and O–H groups in total. The van der Waals surface area contributed by atoms with E-state index in [4.69, 9.17) is 4.74 Å². The predicted octanol–water partition coefficient (Wildman–Crippen LogP) is 4.84. The van der Waals surface area contributed by atoms with Crippen LogP contribution in [-0.4, -0.2) is 46.0 Å². The fourth-order valence-corrected chi connectivity index (χ4v) is 4.14. The lowest BCUT2D eigenvalue weighted by atomic mass is 10.1. The Kier molecular flexibility index (Phi) is 5.64. The zero-order valence-corrected chi connectivity index (χ0v) is 17.9. The molecule has 1 aliphatic heterocycles. The Morgan fingerprint density at radius 2 is 1.78 bits per heavy atom. The Morgan fingerprint density at radius 3 is 2.59 bits per heavy atom. The van der Waals surface area contributed by atoms with Crippen molar-refractivity contribution in [2.45, 2.75) is 13.0 Å². The Hall–Kier alpha value is -3.58. The van der Waals surface area contributed by atoms with E-state index >= 15 is 0 Å². The molecule has 162 valence electrons. The van der Waals surface area contributed by atoms with Crippen LogP contribution < -0.4 is 9.64 Å². The first-order chi connectivity index (χ1) is 15.7. The Morgan fingerprint density at radius 1 is 0.969 bits per heavy atom. The van der Waals surface area contributed by atoms with Crippen molar-refractivity contribution in [2.75, 3.05) is 31.1 Å². The third kappa shape index (κ3) is 4.24. The minimum Gasteiger partial charge on any atom is -0.438 e. The predicted molar refractivity (Wildman–Crippen MR) is 122 cm³/mol. The van der Waals surface area contributed by atoms with Crippen molar-refractivity contribution < 1.29 is 9.13 Å². The van der Waals surface area contributed by atoms with Gasteiger partial charge in [-0.1, -0.05) is 24.3 Å². The van der Waals surface area contributed by atoms with Gasteiger partial charge in [-0.3, -0.25) is 9.88 Å². The molecule has 6 nitrogen and oxygen atoms in total. The molecule has 0 radical (unpaired) electrons. The number of piperazine rings is 1. The van der Waals surface area contributed by atoms with Gasteiger partial charge in [-0.2, -0.15) is 0 Å². The maximum atomic E-state index is 13.2. The second-order valence-electron chi connectivity index (χ2n) is 7.92. The number of hydrogen-bond donors (Lipinski definition) is 0. The Bertz CT molecular complexity index is 1200. The fraction of sp³-hybridized carbons (Fsp3) is 0.240. The second kappa shape index (κ2) is 8.88. The topological polar surface area (TPSA) is 54.4 Å². The van der Waals surface area contributed by atoms with E-state index in [1.807, 2.05) is 48.7 Å². The molecule has 3 heterocycles. The molecule has 0 unspecified atom stereocenters. The van der Waals surface area contributed by atoms with Gasteiger partial charge in [0.1, 0.15) is 23.7 Å². The fourth-order valence-electron chi connectivity index (χ4n) is 4.14. The van der Waals surface area contributed by atoms with Crippen molar-refractivity contribution in [2.24, 2.45) is 0 Å². The van der Waals surface area contributed by atoms with Crippen LogP contribution in [0, 0.1) is 5.82 Å². The Balaban J connectivity index is 1.27. The van der Waals surface area contributed by atoms with Crippen LogP contribution in [0.15, 0.2) is 73.3 Å². The summed E-state index contributed by atoms with van der Waals surface area (Å²) in [7, 11) is 0. The van der Waals surface area contributed by atoms with Crippen LogP contribution in [0.4, 0.5) is 10.2 Å². The van der Waals surface area contributed by atoms with Crippen molar-refractivity contribution in [3.63, 3.8) is 0 Å². The number of pyridine rings is 1. The van der Waals surface area contributed by atoms with Gasteiger partial charge in [-0.25, -0.2) is 14.4 Å². The molecular weight excluding hydrogens is 405 g/mol. The van der Waals surface area contributed by atoms with Crippen LogP contribution in [0.1, 0.15) is 18.5 Å². The number of ether oxygens (including phenoxy) is 1. The number of rotatable bonds is 5. The van der Waals surface area contributed by atoms with Crippen molar-refractivity contribution in [1.82, 2.24) is 19.9 Å². The minimum atomic E-state index is -0.201. The summed E-state index contributed by atoms with van der Waals surface area (Å²) in [5.41, 5.74) is 1.13. The third-order valence-corrected chi connectivity index (χ3v) is 6.02. The van der Waals surface area contributed by atoms with Gasteiger partial charge in [-0.15, -0.1) is 0 Å². The molecule has 1 saturated heterocycles. The quantitative estimate of drug-likeness (QED) is 0.453. The minimum absolute atomic E-state index is 0.201. The summed E-state index contributed by atoms with van der Waals surface area (Å²) in [6.45, 7) is 5.66. The molecule has 2 aromatic heterocycles. The second-order valence-corrected chi connectivity index (χ2v) is 7.92. The summed E-state index contributed by atoms with van der Waals surface area (Å²) >= 11 is 0. The number of nitrogens with zero attached hydrogens (tertiary/aromatic N) is 5. The van der Waals surface area contributed by atoms with Crippen molar-refractivity contribution in [3.8, 4) is 11.6 Å². The van der Waals surface area contributed by atoms with Crippen LogP contribution in [0.25, 0.3) is 10.8 Å². The molecular formula is C25H24FN5O. The van der Waals surface area contributed by atoms with Gasteiger partial charge in [-0.05, 0) is 36.8 Å². The van der Waals surface area contributed by atoms with Gasteiger partial charge in [0.15, 0.2) is 0 Å². The van der Waals surface area contributed by atoms with Crippen molar-refractivity contribution >= 4 is 16.6 Å². The van der Waals surface area contributed by atoms with Gasteiger partial charge < -0.3 is 9.64 Å². The largest absolute Gasteiger partial charge is 0.438 e. The van der Waals surface area contributed by atoms with Gasteiger partial charge in [0.2, 0.25) is 5.88 Å². The molecule has 4 aromatic rings. The third-order valence-electron chi connectivity index (χ3n) is 6.02. The molecule has 0 amide bonds. The van der Waals surface area contributed by atoms with E-state index in [0.717, 1.165) is 54.1 Å². The number of aromatic nitrogens is 3. The van der Waals surface area contributed by atoms with Crippen molar-refractivity contribution in [3.05, 3.63) is 84.7 Å². The average molecular weight is 429 g/mol. The number of fused-ring (bicyclic) bond motifs is 1. The summed E-state index contributed by atoms with van der Waals surface area (Å²) in [5, 5.41) is 2.01. The highest BCUT2D eigenvalue weighted by Gasteiger charge is 2.23. The van der Waals surface area contributed by atoms with Gasteiger partial charge >= 0.3 is 0 Å². The maximum Gasteiger partial charge on any atom is 0.224 e. The Labute approximate surface area is 186 Å². The highest BCUT2D eigenvalue weighted by atomic mass is 19.1. The van der Waals surface area contributed by atoms with Gasteiger partial charge in [0.05, 0.1) is 0 Å². The molecule has 32 heavy (non-hydrogen) atoms. The molecule has 0 spiro atoms. The van der Waals surface area contributed by atoms with Crippen molar-refractivity contribution in [1.29, 1.82) is 0 Å². The highest BCUT2D eigenvalue weighted by Crippen LogP contribution is 2.30. The smallest absolute Gasteiger partial charge is 0.224 e. The van der Waals surface area contributed by atoms with Crippen LogP contribution in [0.3, 0.4) is 0 Å². The van der Waals surface area contributed by atoms with Gasteiger partial charge in [0, 0.05) is 61.5 Å². The summed E-state index contributed by atoms with van der Waals surface area (Å²) in [6.07, 6.45) is 5.12. The van der Waals surface area contributed by atoms with E-state index < -0.39 is 0 Å². The molecule has 7 heteroatoms. The van der Waals surface area contributed by atoms with E-state index in [1.165, 1.54) is 12.1 Å². The summed E-state index contributed by atoms with van der Waals surface area (Å²) in [4.78, 5) is 17.6. The number of halogens is 1. The lowest BCUT2D eigenvalue weighted by molar-refractivity contribution is 0.198. The summed E-state index contributed by atoms with van der Waals surface area (Å²) in [6, 6.07) is 16.7. The molecule has 1 fully saturated rings. The van der Waals surface area contributed by atoms with E-state index in [1.54, 1.807) is 12.5 Å². The van der Waals surface area contributed by atoms with Crippen LogP contribution >= 0.6 is 0 Å². The molecule has 0 aliphatic carbocycles. The summed E-state index contributed by atoms with van der Waals surface area (Å²) in [5.74, 6) is 1.91. The van der Waals surface area contributed by atoms with Crippen LogP contribution in [0.2, 0.25) is 0 Å². The van der Waals surface area contributed by atoms with Gasteiger partial charge in [0.25, 0.3) is 0 Å². The molecule has 2 aromatic carbocycles. The molecule has 0 saturated carbocycles. The lowest BCUT2D eigenvalue weighted by Gasteiger charge is -2.38. The van der Waals surface area contributed by atoms with E-state index in [-0.39, 0.29) is 11.9 Å². The van der Waals surface area contributed by atoms with Crippen LogP contribution in [0.5, 0.6) is 11.6 Å². The highest BCUT2D eigenvalue weighted by molar-refractivity contribution is 5.87. The zero-order valence-electron chi connectivity index (χ0n) is 17.9. The normalized spacial score (nSPS) is 15.6. The first kappa shape index (κ1) is 20.3. The maximum absolute atomic E-state index is 13.2. The summed E-state index contributed by atoms with van der Waals surface area (Å²) < 4.78 is 19.3. The molecule has 1 atom stereocenters. The van der Waals surface area contributed by atoms with E-state index in [0.29, 0.717) is 5.88 Å². The number of hydrogen-bond acceptors (Lipinski definition) is 6. The average Bonchev–Trinajstić information content (AvgIpc) is 2.85. The van der Waals surface area contributed by atoms with E-state index in [9.17, 15) is 4.39 Å². The molecule has 5 rings (SSSR count). The van der Waals surface area contributed by atoms with Crippen LogP contribution in [-0.2, 0) is 0 Å². The zero-order chi connectivity index (χ0) is 21.9. The van der Waals surface area contributed by atoms with E-state index in [2.05, 4.69) is 31.7 Å². The monoisotopic (exact) mass is 429 g/mol. The molecule has 1 aliphatic rings. The number of anilines is 1. The lowest BCUT2D eigenvalue weighted by Crippen LogP contribution is -2.47. The standard InChI is InChI=1S/C25H24FN5O/c1-18(19-5-7-21(26)8-6-19)30-11-13-31(14-12-30)24-15-25(29-17-28-24)32-23-4-2-3-20-16-27-10-9-22(20)23/h2-10,15-18H,11-14H2,1H3/t18-/m1/s1. The number of benzene rings is 2. The SMILES string of the molecule is C[C@H](c1ccc(F)cc1)N1CCN(c2cc(Oc3cccc4cnccc34)ncn2)CC1. The molecule has 0 bridgehead atoms.